The Kier molecular flexibility index (Phi) is 5.93. The van der Waals surface area contributed by atoms with Crippen LogP contribution in [0.25, 0.3) is 5.57 Å². The average Bonchev–Trinajstić information content (AvgIpc) is 3.00. The summed E-state index contributed by atoms with van der Waals surface area (Å²) in [5.74, 6) is -0.364. The van der Waals surface area contributed by atoms with Gasteiger partial charge in [0.1, 0.15) is 11.4 Å². The number of amides is 2. The Bertz CT molecular complexity index is 1180. The lowest BCUT2D eigenvalue weighted by molar-refractivity contribution is -0.137. The maximum Gasteiger partial charge on any atom is 0.278 e. The molecule has 156 valence electrons. The number of hydrogen-bond acceptors (Lipinski definition) is 5. The van der Waals surface area contributed by atoms with Gasteiger partial charge in [0.25, 0.3) is 11.8 Å². The van der Waals surface area contributed by atoms with Crippen LogP contribution in [-0.4, -0.2) is 28.8 Å². The molecule has 0 unspecified atom stereocenters. The number of carbonyl (C=O) groups excluding carboxylic acids is 2. The molecule has 0 bridgehead atoms. The Morgan fingerprint density at radius 2 is 1.77 bits per heavy atom. The van der Waals surface area contributed by atoms with Crippen molar-refractivity contribution in [1.29, 1.82) is 0 Å². The molecule has 1 N–H and O–H groups in total. The van der Waals surface area contributed by atoms with Crippen molar-refractivity contribution >= 4 is 46.3 Å². The van der Waals surface area contributed by atoms with Crippen LogP contribution >= 0.6 is 23.2 Å². The molecule has 0 radical (unpaired) electrons. The van der Waals surface area contributed by atoms with Gasteiger partial charge in [-0.3, -0.25) is 19.5 Å². The van der Waals surface area contributed by atoms with Gasteiger partial charge >= 0.3 is 0 Å². The van der Waals surface area contributed by atoms with E-state index in [9.17, 15) is 9.59 Å². The van der Waals surface area contributed by atoms with Crippen molar-refractivity contribution in [1.82, 2.24) is 9.88 Å². The third-order valence-electron chi connectivity index (χ3n) is 4.77. The van der Waals surface area contributed by atoms with E-state index in [4.69, 9.17) is 27.9 Å². The van der Waals surface area contributed by atoms with Gasteiger partial charge in [-0.2, -0.15) is 0 Å². The highest BCUT2D eigenvalue weighted by Crippen LogP contribution is 2.34. The lowest BCUT2D eigenvalue weighted by Gasteiger charge is -2.15. The summed E-state index contributed by atoms with van der Waals surface area (Å²) in [6.07, 6.45) is 1.62. The fourth-order valence-electron chi connectivity index (χ4n) is 3.26. The highest BCUT2D eigenvalue weighted by atomic mass is 35.5. The molecule has 6 nitrogen and oxygen atoms in total. The summed E-state index contributed by atoms with van der Waals surface area (Å²) in [6, 6.07) is 17.1. The number of benzene rings is 2. The number of methoxy groups -OCH3 is 1. The maximum absolute atomic E-state index is 13.3. The van der Waals surface area contributed by atoms with Crippen LogP contribution in [0.15, 0.2) is 72.6 Å². The van der Waals surface area contributed by atoms with Gasteiger partial charge in [-0.15, -0.1) is 0 Å². The monoisotopic (exact) mass is 453 g/mol. The number of nitrogens with one attached hydrogen (secondary N) is 1. The van der Waals surface area contributed by atoms with Gasteiger partial charge in [0.05, 0.1) is 29.9 Å². The van der Waals surface area contributed by atoms with Gasteiger partial charge in [-0.05, 0) is 48.0 Å². The Hall–Kier alpha value is -3.35. The molecule has 0 atom stereocenters. The first-order valence-electron chi connectivity index (χ1n) is 9.35. The number of carbonyl (C=O) groups is 2. The third kappa shape index (κ3) is 4.26. The topological polar surface area (TPSA) is 71.5 Å². The summed E-state index contributed by atoms with van der Waals surface area (Å²) in [4.78, 5) is 31.9. The minimum atomic E-state index is -0.451. The van der Waals surface area contributed by atoms with Crippen LogP contribution in [0.5, 0.6) is 5.75 Å². The van der Waals surface area contributed by atoms with Gasteiger partial charge in [-0.25, -0.2) is 0 Å². The molecule has 1 aromatic heterocycles. The van der Waals surface area contributed by atoms with Crippen molar-refractivity contribution in [2.45, 2.75) is 6.54 Å². The zero-order valence-corrected chi connectivity index (χ0v) is 17.9. The number of ether oxygens (including phenoxy) is 1. The molecule has 0 saturated carbocycles. The molecule has 2 heterocycles. The second-order valence-corrected chi connectivity index (χ2v) is 7.59. The summed E-state index contributed by atoms with van der Waals surface area (Å²) in [5.41, 5.74) is 2.14. The fourth-order valence-corrected chi connectivity index (χ4v) is 3.65. The molecule has 3 aromatic rings. The van der Waals surface area contributed by atoms with Crippen molar-refractivity contribution in [2.75, 3.05) is 12.4 Å². The van der Waals surface area contributed by atoms with Crippen molar-refractivity contribution in [3.63, 3.8) is 0 Å². The van der Waals surface area contributed by atoms with Crippen molar-refractivity contribution in [3.8, 4) is 5.75 Å². The fraction of sp³-hybridized carbons (Fsp3) is 0.0870. The second-order valence-electron chi connectivity index (χ2n) is 6.75. The first-order valence-corrected chi connectivity index (χ1v) is 10.1. The van der Waals surface area contributed by atoms with Crippen molar-refractivity contribution < 1.29 is 14.3 Å². The van der Waals surface area contributed by atoms with Crippen LogP contribution in [0, 0.1) is 0 Å². The van der Waals surface area contributed by atoms with E-state index in [1.807, 2.05) is 0 Å². The normalized spacial score (nSPS) is 13.7. The molecule has 2 amide bonds. The standard InChI is InChI=1S/C23H17Cl2N3O3/c1-31-19-10-9-16(12-18(19)25)27-21-20(14-5-7-15(24)8-6-14)22(29)28(23(21)30)13-17-4-2-3-11-26-17/h2-12,27H,13H2,1H3. The Morgan fingerprint density at radius 1 is 1.00 bits per heavy atom. The maximum atomic E-state index is 13.3. The molecule has 0 saturated heterocycles. The first kappa shape index (κ1) is 20.9. The number of aromatic nitrogens is 1. The van der Waals surface area contributed by atoms with E-state index in [1.165, 1.54) is 12.0 Å². The van der Waals surface area contributed by atoms with Crippen LogP contribution in [-0.2, 0) is 16.1 Å². The summed E-state index contributed by atoms with van der Waals surface area (Å²) in [5, 5.41) is 3.97. The molecular formula is C23H17Cl2N3O3. The molecule has 0 aliphatic carbocycles. The number of nitrogens with zero attached hydrogens (tertiary/aromatic N) is 2. The summed E-state index contributed by atoms with van der Waals surface area (Å²) in [7, 11) is 1.52. The van der Waals surface area contributed by atoms with Gasteiger partial charge in [0.2, 0.25) is 0 Å². The van der Waals surface area contributed by atoms with E-state index in [2.05, 4.69) is 10.3 Å². The summed E-state index contributed by atoms with van der Waals surface area (Å²) in [6.45, 7) is 0.0597. The molecule has 31 heavy (non-hydrogen) atoms. The Balaban J connectivity index is 1.74. The quantitative estimate of drug-likeness (QED) is 0.543. The molecule has 0 fully saturated rings. The Morgan fingerprint density at radius 3 is 2.42 bits per heavy atom. The van der Waals surface area contributed by atoms with Crippen molar-refractivity contribution in [2.24, 2.45) is 0 Å². The minimum Gasteiger partial charge on any atom is -0.495 e. The minimum absolute atomic E-state index is 0.0597. The van der Waals surface area contributed by atoms with Gasteiger partial charge < -0.3 is 10.1 Å². The Labute approximate surface area is 189 Å². The summed E-state index contributed by atoms with van der Waals surface area (Å²) >= 11 is 12.2. The van der Waals surface area contributed by atoms with Crippen LogP contribution in [0.4, 0.5) is 5.69 Å². The second kappa shape index (κ2) is 8.79. The molecule has 2 aromatic carbocycles. The molecular weight excluding hydrogens is 437 g/mol. The van der Waals surface area contributed by atoms with E-state index in [-0.39, 0.29) is 17.8 Å². The molecule has 8 heteroatoms. The summed E-state index contributed by atoms with van der Waals surface area (Å²) < 4.78 is 5.17. The van der Waals surface area contributed by atoms with E-state index in [0.29, 0.717) is 32.7 Å². The number of rotatable bonds is 6. The zero-order chi connectivity index (χ0) is 22.0. The van der Waals surface area contributed by atoms with E-state index < -0.39 is 11.8 Å². The SMILES string of the molecule is COc1ccc(NC2=C(c3ccc(Cl)cc3)C(=O)N(Cc3ccccn3)C2=O)cc1Cl. The van der Waals surface area contributed by atoms with E-state index in [0.717, 1.165) is 0 Å². The van der Waals surface area contributed by atoms with Gasteiger partial charge in [0.15, 0.2) is 0 Å². The van der Waals surface area contributed by atoms with Crippen LogP contribution in [0.3, 0.4) is 0 Å². The van der Waals surface area contributed by atoms with Crippen LogP contribution < -0.4 is 10.1 Å². The van der Waals surface area contributed by atoms with E-state index >= 15 is 0 Å². The molecule has 4 rings (SSSR count). The average molecular weight is 454 g/mol. The number of pyridine rings is 1. The predicted octanol–water partition coefficient (Wildman–Crippen LogP) is 4.79. The molecule has 0 spiro atoms. The largest absolute Gasteiger partial charge is 0.495 e. The van der Waals surface area contributed by atoms with Gasteiger partial charge in [0, 0.05) is 16.9 Å². The number of anilines is 1. The number of imide groups is 1. The van der Waals surface area contributed by atoms with Crippen molar-refractivity contribution in [3.05, 3.63) is 93.9 Å². The molecule has 1 aliphatic heterocycles. The first-order chi connectivity index (χ1) is 15.0. The number of hydrogen-bond donors (Lipinski definition) is 1. The van der Waals surface area contributed by atoms with E-state index in [1.54, 1.807) is 66.9 Å². The lowest BCUT2D eigenvalue weighted by atomic mass is 10.0. The smallest absolute Gasteiger partial charge is 0.278 e. The highest BCUT2D eigenvalue weighted by molar-refractivity contribution is 6.37. The van der Waals surface area contributed by atoms with Crippen LogP contribution in [0.2, 0.25) is 10.0 Å². The third-order valence-corrected chi connectivity index (χ3v) is 5.32. The van der Waals surface area contributed by atoms with Gasteiger partial charge in [-0.1, -0.05) is 41.4 Å². The predicted molar refractivity (Wildman–Crippen MR) is 120 cm³/mol. The lowest BCUT2D eigenvalue weighted by Crippen LogP contribution is -2.32. The van der Waals surface area contributed by atoms with Crippen LogP contribution in [0.1, 0.15) is 11.3 Å². The zero-order valence-electron chi connectivity index (χ0n) is 16.4. The highest BCUT2D eigenvalue weighted by Gasteiger charge is 2.39. The number of halogens is 2. The molecule has 1 aliphatic rings.